The van der Waals surface area contributed by atoms with E-state index in [-0.39, 0.29) is 6.04 Å². The minimum Gasteiger partial charge on any atom is -0.478 e. The second-order valence-electron chi connectivity index (χ2n) is 4.18. The van der Waals surface area contributed by atoms with Gasteiger partial charge in [-0.05, 0) is 30.7 Å². The van der Waals surface area contributed by atoms with Gasteiger partial charge in [-0.3, -0.25) is 0 Å². The van der Waals surface area contributed by atoms with Crippen LogP contribution in [0.1, 0.15) is 12.5 Å². The van der Waals surface area contributed by atoms with Crippen LogP contribution < -0.4 is 4.90 Å². The summed E-state index contributed by atoms with van der Waals surface area (Å²) in [6.45, 7) is 2.75. The average molecular weight is 249 g/mol. The summed E-state index contributed by atoms with van der Waals surface area (Å²) in [4.78, 5) is 12.5. The highest BCUT2D eigenvalue weighted by molar-refractivity contribution is 5.85. The number of hydrogen-bond acceptors (Lipinski definition) is 3. The fourth-order valence-electron chi connectivity index (χ4n) is 1.60. The van der Waals surface area contributed by atoms with Crippen molar-refractivity contribution in [3.8, 4) is 0 Å². The third-order valence-corrected chi connectivity index (χ3v) is 2.79. The SMILES string of the molecule is COCC(C)N(C)c1ccc(/C=C/C(=O)O)cc1. The maximum absolute atomic E-state index is 10.4. The summed E-state index contributed by atoms with van der Waals surface area (Å²) in [5, 5.41) is 8.54. The lowest BCUT2D eigenvalue weighted by Crippen LogP contribution is -2.32. The van der Waals surface area contributed by atoms with Crippen molar-refractivity contribution in [1.29, 1.82) is 0 Å². The largest absolute Gasteiger partial charge is 0.478 e. The van der Waals surface area contributed by atoms with Gasteiger partial charge < -0.3 is 14.7 Å². The molecule has 0 saturated heterocycles. The summed E-state index contributed by atoms with van der Waals surface area (Å²) in [5.74, 6) is -0.940. The Kier molecular flexibility index (Phi) is 5.39. The molecule has 4 nitrogen and oxygen atoms in total. The summed E-state index contributed by atoms with van der Waals surface area (Å²) < 4.78 is 5.12. The molecule has 4 heteroatoms. The van der Waals surface area contributed by atoms with E-state index in [4.69, 9.17) is 9.84 Å². The van der Waals surface area contributed by atoms with Crippen LogP contribution in [0.25, 0.3) is 6.08 Å². The van der Waals surface area contributed by atoms with E-state index in [1.54, 1.807) is 13.2 Å². The Morgan fingerprint density at radius 1 is 1.44 bits per heavy atom. The molecule has 0 amide bonds. The molecule has 98 valence electrons. The standard InChI is InChI=1S/C14H19NO3/c1-11(10-18-3)15(2)13-7-4-12(5-8-13)6-9-14(16)17/h4-9,11H,10H2,1-3H3,(H,16,17)/b9-6+. The van der Waals surface area contributed by atoms with Crippen molar-refractivity contribution in [2.45, 2.75) is 13.0 Å². The van der Waals surface area contributed by atoms with Gasteiger partial charge in [0.1, 0.15) is 0 Å². The highest BCUT2D eigenvalue weighted by Crippen LogP contribution is 2.17. The van der Waals surface area contributed by atoms with Crippen molar-refractivity contribution < 1.29 is 14.6 Å². The van der Waals surface area contributed by atoms with Crippen molar-refractivity contribution in [1.82, 2.24) is 0 Å². The van der Waals surface area contributed by atoms with Gasteiger partial charge in [0.05, 0.1) is 6.61 Å². The van der Waals surface area contributed by atoms with Crippen LogP contribution in [0.4, 0.5) is 5.69 Å². The molecule has 0 radical (unpaired) electrons. The highest BCUT2D eigenvalue weighted by Gasteiger charge is 2.08. The van der Waals surface area contributed by atoms with Gasteiger partial charge in [-0.15, -0.1) is 0 Å². The second kappa shape index (κ2) is 6.81. The maximum Gasteiger partial charge on any atom is 0.328 e. The first-order chi connectivity index (χ1) is 8.54. The number of carboxylic acid groups (broad SMARTS) is 1. The lowest BCUT2D eigenvalue weighted by molar-refractivity contribution is -0.131. The number of ether oxygens (including phenoxy) is 1. The number of nitrogens with zero attached hydrogens (tertiary/aromatic N) is 1. The van der Waals surface area contributed by atoms with Gasteiger partial charge in [0.2, 0.25) is 0 Å². The lowest BCUT2D eigenvalue weighted by atomic mass is 10.1. The van der Waals surface area contributed by atoms with E-state index < -0.39 is 5.97 Å². The molecule has 1 atom stereocenters. The van der Waals surface area contributed by atoms with E-state index in [1.807, 2.05) is 31.3 Å². The summed E-state index contributed by atoms with van der Waals surface area (Å²) in [5.41, 5.74) is 1.95. The van der Waals surface area contributed by atoms with Gasteiger partial charge in [-0.2, -0.15) is 0 Å². The summed E-state index contributed by atoms with van der Waals surface area (Å²) in [6, 6.07) is 8.01. The molecule has 0 fully saturated rings. The first-order valence-corrected chi connectivity index (χ1v) is 5.77. The lowest BCUT2D eigenvalue weighted by Gasteiger charge is -2.26. The van der Waals surface area contributed by atoms with E-state index in [0.717, 1.165) is 17.3 Å². The number of carbonyl (C=O) groups is 1. The van der Waals surface area contributed by atoms with Crippen LogP contribution in [-0.2, 0) is 9.53 Å². The number of methoxy groups -OCH3 is 1. The molecule has 1 unspecified atom stereocenters. The number of hydrogen-bond donors (Lipinski definition) is 1. The molecule has 0 spiro atoms. The smallest absolute Gasteiger partial charge is 0.328 e. The first kappa shape index (κ1) is 14.3. The van der Waals surface area contributed by atoms with Crippen molar-refractivity contribution >= 4 is 17.7 Å². The average Bonchev–Trinajstić information content (AvgIpc) is 2.36. The van der Waals surface area contributed by atoms with Crippen LogP contribution in [-0.4, -0.2) is 37.9 Å². The quantitative estimate of drug-likeness (QED) is 0.786. The van der Waals surface area contributed by atoms with Gasteiger partial charge in [0.15, 0.2) is 0 Å². The van der Waals surface area contributed by atoms with Crippen LogP contribution in [0.3, 0.4) is 0 Å². The number of likely N-dealkylation sites (N-methyl/N-ethyl adjacent to an activating group) is 1. The minimum absolute atomic E-state index is 0.287. The van der Waals surface area contributed by atoms with Crippen LogP contribution in [0, 0.1) is 0 Å². The number of rotatable bonds is 6. The van der Waals surface area contributed by atoms with Crippen molar-refractivity contribution in [2.75, 3.05) is 25.7 Å². The van der Waals surface area contributed by atoms with Gasteiger partial charge in [0.25, 0.3) is 0 Å². The Balaban J connectivity index is 2.73. The molecular weight excluding hydrogens is 230 g/mol. The molecule has 0 heterocycles. The summed E-state index contributed by atoms with van der Waals surface area (Å²) in [6.07, 6.45) is 2.71. The zero-order valence-electron chi connectivity index (χ0n) is 11.0. The number of aliphatic carboxylic acids is 1. The Morgan fingerprint density at radius 2 is 2.06 bits per heavy atom. The van der Waals surface area contributed by atoms with Gasteiger partial charge >= 0.3 is 5.97 Å². The van der Waals surface area contributed by atoms with Gasteiger partial charge in [-0.25, -0.2) is 4.79 Å². The Labute approximate surface area is 107 Å². The molecule has 1 aromatic carbocycles. The molecule has 0 aliphatic carbocycles. The molecule has 1 N–H and O–H groups in total. The molecule has 0 aliphatic heterocycles. The second-order valence-corrected chi connectivity index (χ2v) is 4.18. The van der Waals surface area contributed by atoms with Crippen LogP contribution in [0.2, 0.25) is 0 Å². The highest BCUT2D eigenvalue weighted by atomic mass is 16.5. The zero-order chi connectivity index (χ0) is 13.5. The van der Waals surface area contributed by atoms with E-state index in [2.05, 4.69) is 11.8 Å². The molecule has 1 rings (SSSR count). The molecule has 0 saturated carbocycles. The van der Waals surface area contributed by atoms with Gasteiger partial charge in [-0.1, -0.05) is 12.1 Å². The number of carboxylic acids is 1. The molecular formula is C14H19NO3. The van der Waals surface area contributed by atoms with E-state index in [1.165, 1.54) is 0 Å². The molecule has 18 heavy (non-hydrogen) atoms. The predicted octanol–water partition coefficient (Wildman–Crippen LogP) is 2.26. The van der Waals surface area contributed by atoms with Crippen molar-refractivity contribution in [2.24, 2.45) is 0 Å². The zero-order valence-corrected chi connectivity index (χ0v) is 11.0. The summed E-state index contributed by atoms with van der Waals surface area (Å²) >= 11 is 0. The normalized spacial score (nSPS) is 12.6. The molecule has 0 bridgehead atoms. The molecule has 1 aromatic rings. The van der Waals surface area contributed by atoms with Gasteiger partial charge in [0, 0.05) is 32.0 Å². The van der Waals surface area contributed by atoms with Crippen LogP contribution >= 0.6 is 0 Å². The van der Waals surface area contributed by atoms with Crippen molar-refractivity contribution in [3.63, 3.8) is 0 Å². The molecule has 0 aromatic heterocycles. The molecule has 0 aliphatic rings. The van der Waals surface area contributed by atoms with E-state index >= 15 is 0 Å². The monoisotopic (exact) mass is 249 g/mol. The third-order valence-electron chi connectivity index (χ3n) is 2.79. The third kappa shape index (κ3) is 4.22. The van der Waals surface area contributed by atoms with Crippen LogP contribution in [0.5, 0.6) is 0 Å². The predicted molar refractivity (Wildman–Crippen MR) is 72.9 cm³/mol. The first-order valence-electron chi connectivity index (χ1n) is 5.77. The fourth-order valence-corrected chi connectivity index (χ4v) is 1.60. The topological polar surface area (TPSA) is 49.8 Å². The number of anilines is 1. The minimum atomic E-state index is -0.940. The van der Waals surface area contributed by atoms with Crippen LogP contribution in [0.15, 0.2) is 30.3 Å². The Bertz CT molecular complexity index is 412. The maximum atomic E-state index is 10.4. The van der Waals surface area contributed by atoms with E-state index in [9.17, 15) is 4.79 Å². The van der Waals surface area contributed by atoms with Crippen molar-refractivity contribution in [3.05, 3.63) is 35.9 Å². The number of benzene rings is 1. The fraction of sp³-hybridized carbons (Fsp3) is 0.357. The Morgan fingerprint density at radius 3 is 2.56 bits per heavy atom. The summed E-state index contributed by atoms with van der Waals surface area (Å²) in [7, 11) is 3.69. The van der Waals surface area contributed by atoms with E-state index in [0.29, 0.717) is 6.61 Å². The Hall–Kier alpha value is -1.81.